The number of likely N-dealkylation sites (tertiary alicyclic amines) is 1. The van der Waals surface area contributed by atoms with Crippen molar-refractivity contribution in [3.8, 4) is 11.4 Å². The molecule has 1 aliphatic heterocycles. The summed E-state index contributed by atoms with van der Waals surface area (Å²) in [5.41, 5.74) is 2.83. The Morgan fingerprint density at radius 1 is 1.18 bits per heavy atom. The molecule has 0 atom stereocenters. The predicted octanol–water partition coefficient (Wildman–Crippen LogP) is 3.08. The van der Waals surface area contributed by atoms with Crippen LogP contribution in [0.25, 0.3) is 33.5 Å². The van der Waals surface area contributed by atoms with Crippen LogP contribution in [0.1, 0.15) is 29.6 Å². The molecule has 0 aliphatic carbocycles. The summed E-state index contributed by atoms with van der Waals surface area (Å²) < 4.78 is 0. The van der Waals surface area contributed by atoms with Crippen LogP contribution in [0.4, 0.5) is 0 Å². The number of H-pyrrole nitrogens is 3. The minimum atomic E-state index is -0.409. The summed E-state index contributed by atoms with van der Waals surface area (Å²) in [5.74, 6) is 0.331. The number of benzene rings is 2. The number of nitrogens with one attached hydrogen (secondary N) is 4. The van der Waals surface area contributed by atoms with E-state index in [9.17, 15) is 14.4 Å². The van der Waals surface area contributed by atoms with E-state index in [1.807, 2.05) is 4.90 Å². The number of nitrogens with zero attached hydrogens (tertiary/aromatic N) is 2. The molecule has 9 nitrogen and oxygen atoms in total. The number of aromatic nitrogens is 4. The van der Waals surface area contributed by atoms with Crippen molar-refractivity contribution in [2.75, 3.05) is 19.6 Å². The van der Waals surface area contributed by atoms with Gasteiger partial charge in [-0.3, -0.25) is 9.59 Å². The molecule has 0 saturated carbocycles. The molecule has 11 heteroatoms. The van der Waals surface area contributed by atoms with Crippen molar-refractivity contribution in [1.82, 2.24) is 30.2 Å². The normalized spacial score (nSPS) is 14.0. The highest BCUT2D eigenvalue weighted by atomic mass is 35.5. The Balaban J connectivity index is 1.45. The first-order valence-electron chi connectivity index (χ1n) is 10.6. The van der Waals surface area contributed by atoms with E-state index in [-0.39, 0.29) is 11.8 Å². The van der Waals surface area contributed by atoms with Crippen LogP contribution in [-0.2, 0) is 4.79 Å². The quantitative estimate of drug-likeness (QED) is 0.213. The number of carbonyl (C=O) groups excluding carboxylic acids is 2. The van der Waals surface area contributed by atoms with E-state index in [4.69, 9.17) is 11.6 Å². The zero-order chi connectivity index (χ0) is 23.1. The number of imidazole rings is 2. The van der Waals surface area contributed by atoms with Gasteiger partial charge in [-0.15, -0.1) is 12.6 Å². The van der Waals surface area contributed by atoms with Crippen LogP contribution in [0.15, 0.2) is 34.0 Å². The summed E-state index contributed by atoms with van der Waals surface area (Å²) in [4.78, 5) is 52.2. The summed E-state index contributed by atoms with van der Waals surface area (Å²) in [5, 5.41) is 3.46. The topological polar surface area (TPSA) is 127 Å². The van der Waals surface area contributed by atoms with Gasteiger partial charge in [0.25, 0.3) is 5.91 Å². The maximum absolute atomic E-state index is 13.0. The van der Waals surface area contributed by atoms with Gasteiger partial charge in [0.05, 0.1) is 27.6 Å². The minimum Gasteiger partial charge on any atom is -0.352 e. The van der Waals surface area contributed by atoms with Crippen LogP contribution >= 0.6 is 24.2 Å². The van der Waals surface area contributed by atoms with Crippen LogP contribution in [-0.4, -0.2) is 56.3 Å². The molecule has 0 bridgehead atoms. The highest BCUT2D eigenvalue weighted by Gasteiger charge is 2.21. The molecule has 4 N–H and O–H groups in total. The number of hydrogen-bond donors (Lipinski definition) is 5. The number of carbonyl (C=O) groups is 2. The predicted molar refractivity (Wildman–Crippen MR) is 129 cm³/mol. The van der Waals surface area contributed by atoms with Crippen molar-refractivity contribution in [3.63, 3.8) is 0 Å². The van der Waals surface area contributed by atoms with Crippen LogP contribution < -0.4 is 11.0 Å². The van der Waals surface area contributed by atoms with Gasteiger partial charge in [0.15, 0.2) is 0 Å². The Morgan fingerprint density at radius 3 is 2.79 bits per heavy atom. The van der Waals surface area contributed by atoms with E-state index in [1.54, 1.807) is 24.3 Å². The van der Waals surface area contributed by atoms with Gasteiger partial charge in [-0.2, -0.15) is 0 Å². The van der Waals surface area contributed by atoms with Crippen LogP contribution in [0.5, 0.6) is 0 Å². The first kappa shape index (κ1) is 21.6. The Hall–Kier alpha value is -3.24. The molecular formula is C22H21ClN6O3S. The van der Waals surface area contributed by atoms with E-state index in [1.165, 1.54) is 0 Å². The van der Waals surface area contributed by atoms with Crippen LogP contribution in [0.3, 0.4) is 0 Å². The summed E-state index contributed by atoms with van der Waals surface area (Å²) >= 11 is 10.6. The number of hydrogen-bond acceptors (Lipinski definition) is 5. The van der Waals surface area contributed by atoms with Crippen molar-refractivity contribution in [2.24, 2.45) is 0 Å². The maximum atomic E-state index is 13.0. The maximum Gasteiger partial charge on any atom is 0.323 e. The minimum absolute atomic E-state index is 0.164. The fourth-order valence-electron chi connectivity index (χ4n) is 4.16. The number of thiol groups is 1. The number of amides is 2. The van der Waals surface area contributed by atoms with Crippen LogP contribution in [0, 0.1) is 0 Å². The summed E-state index contributed by atoms with van der Waals surface area (Å²) in [6.07, 6.45) is 2.14. The standard InChI is InChI=1S/C22H21ClN6O3S/c23-11-4-5-14-15(9-11)26-20(25-14)12-10-13(19(33)18-17(12)27-22(32)28-18)21(31)24-6-2-8-29-7-1-3-16(29)30/h4-5,9-10,33H,1-3,6-8H2,(H,24,31)(H,25,26)(H2,27,28,32). The molecule has 0 radical (unpaired) electrons. The lowest BCUT2D eigenvalue weighted by molar-refractivity contribution is -0.127. The second-order valence-corrected chi connectivity index (χ2v) is 8.87. The third-order valence-corrected chi connectivity index (χ3v) is 6.48. The highest BCUT2D eigenvalue weighted by Crippen LogP contribution is 2.32. The Labute approximate surface area is 198 Å². The number of rotatable bonds is 6. The van der Waals surface area contributed by atoms with Gasteiger partial charge in [-0.1, -0.05) is 11.6 Å². The molecular weight excluding hydrogens is 464 g/mol. The molecule has 33 heavy (non-hydrogen) atoms. The van der Waals surface area contributed by atoms with Crippen molar-refractivity contribution in [3.05, 3.63) is 45.3 Å². The molecule has 5 rings (SSSR count). The SMILES string of the molecule is O=C(NCCCN1CCCC1=O)c1cc(-c2nc3ccc(Cl)cc3[nH]2)c2[nH]c(=O)[nH]c2c1S. The van der Waals surface area contributed by atoms with E-state index in [0.717, 1.165) is 18.5 Å². The molecule has 1 aliphatic rings. The average molecular weight is 485 g/mol. The zero-order valence-electron chi connectivity index (χ0n) is 17.5. The zero-order valence-corrected chi connectivity index (χ0v) is 19.1. The van der Waals surface area contributed by atoms with Gasteiger partial charge in [0.1, 0.15) is 5.82 Å². The number of aromatic amines is 3. The summed E-state index contributed by atoms with van der Waals surface area (Å²) in [7, 11) is 0. The lowest BCUT2D eigenvalue weighted by Gasteiger charge is -2.15. The fourth-order valence-corrected chi connectivity index (χ4v) is 4.67. The molecule has 4 aromatic rings. The number of halogens is 1. The van der Waals surface area contributed by atoms with Gasteiger partial charge in [-0.25, -0.2) is 9.78 Å². The van der Waals surface area contributed by atoms with Gasteiger partial charge >= 0.3 is 5.69 Å². The second kappa shape index (κ2) is 8.60. The lowest BCUT2D eigenvalue weighted by Crippen LogP contribution is -2.30. The van der Waals surface area contributed by atoms with Crippen molar-refractivity contribution in [1.29, 1.82) is 0 Å². The Morgan fingerprint density at radius 2 is 2.00 bits per heavy atom. The van der Waals surface area contributed by atoms with E-state index >= 15 is 0 Å². The molecule has 0 unspecified atom stereocenters. The molecule has 0 spiro atoms. The highest BCUT2D eigenvalue weighted by molar-refractivity contribution is 7.80. The van der Waals surface area contributed by atoms with E-state index < -0.39 is 5.69 Å². The van der Waals surface area contributed by atoms with Gasteiger partial charge < -0.3 is 25.2 Å². The van der Waals surface area contributed by atoms with Gasteiger partial charge in [0.2, 0.25) is 5.91 Å². The Kier molecular flexibility index (Phi) is 5.63. The van der Waals surface area contributed by atoms with Crippen molar-refractivity contribution >= 4 is 58.1 Å². The smallest absolute Gasteiger partial charge is 0.323 e. The largest absolute Gasteiger partial charge is 0.352 e. The Bertz CT molecular complexity index is 1460. The molecule has 170 valence electrons. The monoisotopic (exact) mass is 484 g/mol. The second-order valence-electron chi connectivity index (χ2n) is 7.99. The molecule has 1 saturated heterocycles. The third-order valence-electron chi connectivity index (χ3n) is 5.78. The fraction of sp³-hybridized carbons (Fsp3) is 0.273. The van der Waals surface area contributed by atoms with Crippen molar-refractivity contribution < 1.29 is 9.59 Å². The van der Waals surface area contributed by atoms with Crippen molar-refractivity contribution in [2.45, 2.75) is 24.2 Å². The van der Waals surface area contributed by atoms with E-state index in [0.29, 0.717) is 69.4 Å². The molecule has 2 aromatic carbocycles. The first-order chi connectivity index (χ1) is 15.9. The van der Waals surface area contributed by atoms with Crippen LogP contribution in [0.2, 0.25) is 5.02 Å². The van der Waals surface area contributed by atoms with Gasteiger partial charge in [0, 0.05) is 41.5 Å². The molecule has 2 aromatic heterocycles. The third kappa shape index (κ3) is 4.11. The molecule has 2 amide bonds. The number of fused-ring (bicyclic) bond motifs is 2. The lowest BCUT2D eigenvalue weighted by atomic mass is 10.1. The van der Waals surface area contributed by atoms with Gasteiger partial charge in [-0.05, 0) is 37.1 Å². The first-order valence-corrected chi connectivity index (χ1v) is 11.4. The molecule has 1 fully saturated rings. The summed E-state index contributed by atoms with van der Waals surface area (Å²) in [6, 6.07) is 6.96. The molecule has 3 heterocycles. The average Bonchev–Trinajstić information content (AvgIpc) is 3.49. The van der Waals surface area contributed by atoms with E-state index in [2.05, 4.69) is 37.9 Å². The summed E-state index contributed by atoms with van der Waals surface area (Å²) in [6.45, 7) is 1.80.